The Kier molecular flexibility index (Phi) is 5.09. The summed E-state index contributed by atoms with van der Waals surface area (Å²) in [4.78, 5) is 13.7. The Balaban J connectivity index is 2.33. The first-order valence-corrected chi connectivity index (χ1v) is 6.23. The van der Waals surface area contributed by atoms with E-state index >= 15 is 0 Å². The highest BCUT2D eigenvalue weighted by atomic mass is 16.2. The highest BCUT2D eigenvalue weighted by Crippen LogP contribution is 2.21. The second-order valence-corrected chi connectivity index (χ2v) is 4.57. The van der Waals surface area contributed by atoms with Crippen molar-refractivity contribution >= 4 is 5.91 Å². The topological polar surface area (TPSA) is 46.3 Å². The first-order chi connectivity index (χ1) is 7.19. The minimum absolute atomic E-state index is 0.146. The number of hydrogen-bond acceptors (Lipinski definition) is 2. The molecule has 1 aliphatic rings. The van der Waals surface area contributed by atoms with E-state index < -0.39 is 0 Å². The van der Waals surface area contributed by atoms with E-state index in [1.54, 1.807) is 0 Å². The van der Waals surface area contributed by atoms with Gasteiger partial charge in [0, 0.05) is 13.1 Å². The van der Waals surface area contributed by atoms with Crippen LogP contribution in [0.3, 0.4) is 0 Å². The van der Waals surface area contributed by atoms with Crippen molar-refractivity contribution in [1.82, 2.24) is 4.90 Å². The molecule has 15 heavy (non-hydrogen) atoms. The number of hydrogen-bond donors (Lipinski definition) is 1. The minimum Gasteiger partial charge on any atom is -0.341 e. The summed E-state index contributed by atoms with van der Waals surface area (Å²) in [5.74, 6) is 0.976. The third kappa shape index (κ3) is 3.49. The molecule has 2 N–H and O–H groups in total. The first-order valence-electron chi connectivity index (χ1n) is 6.23. The maximum Gasteiger partial charge on any atom is 0.239 e. The molecular formula is C12H24N2O. The van der Waals surface area contributed by atoms with Gasteiger partial charge in [-0.25, -0.2) is 0 Å². The quantitative estimate of drug-likeness (QED) is 0.772. The van der Waals surface area contributed by atoms with Crippen LogP contribution in [0.2, 0.25) is 0 Å². The molecular weight excluding hydrogens is 188 g/mol. The van der Waals surface area contributed by atoms with Crippen molar-refractivity contribution in [3.05, 3.63) is 0 Å². The van der Waals surface area contributed by atoms with Crippen molar-refractivity contribution < 1.29 is 4.79 Å². The number of nitrogens with zero attached hydrogens (tertiary/aromatic N) is 1. The summed E-state index contributed by atoms with van der Waals surface area (Å²) in [7, 11) is 0. The summed E-state index contributed by atoms with van der Waals surface area (Å²) >= 11 is 0. The number of piperidine rings is 1. The molecule has 0 spiro atoms. The normalized spacial score (nSPS) is 20.3. The molecule has 0 aliphatic carbocycles. The van der Waals surface area contributed by atoms with E-state index in [0.29, 0.717) is 0 Å². The van der Waals surface area contributed by atoms with Gasteiger partial charge in [-0.05, 0) is 25.2 Å². The number of likely N-dealkylation sites (tertiary alicyclic amines) is 1. The van der Waals surface area contributed by atoms with Gasteiger partial charge in [0.05, 0.1) is 6.04 Å². The van der Waals surface area contributed by atoms with E-state index in [0.717, 1.165) is 38.3 Å². The zero-order valence-electron chi connectivity index (χ0n) is 10.0. The summed E-state index contributed by atoms with van der Waals surface area (Å²) in [5.41, 5.74) is 5.75. The van der Waals surface area contributed by atoms with Crippen molar-refractivity contribution in [2.45, 2.75) is 52.0 Å². The van der Waals surface area contributed by atoms with Crippen molar-refractivity contribution in [1.29, 1.82) is 0 Å². The lowest BCUT2D eigenvalue weighted by molar-refractivity contribution is -0.134. The predicted molar refractivity (Wildman–Crippen MR) is 62.5 cm³/mol. The van der Waals surface area contributed by atoms with Crippen LogP contribution >= 0.6 is 0 Å². The second kappa shape index (κ2) is 6.11. The maximum absolute atomic E-state index is 11.8. The van der Waals surface area contributed by atoms with Gasteiger partial charge in [0.1, 0.15) is 0 Å². The third-order valence-corrected chi connectivity index (χ3v) is 3.38. The van der Waals surface area contributed by atoms with E-state index in [2.05, 4.69) is 6.92 Å². The van der Waals surface area contributed by atoms with Gasteiger partial charge in [0.25, 0.3) is 0 Å². The van der Waals surface area contributed by atoms with Gasteiger partial charge in [-0.2, -0.15) is 0 Å². The van der Waals surface area contributed by atoms with Gasteiger partial charge in [0.15, 0.2) is 0 Å². The predicted octanol–water partition coefficient (Wildman–Crippen LogP) is 1.76. The zero-order valence-corrected chi connectivity index (χ0v) is 10.0. The van der Waals surface area contributed by atoms with Gasteiger partial charge >= 0.3 is 0 Å². The number of carbonyl (C=O) groups excluding carboxylic acids is 1. The molecule has 0 aromatic carbocycles. The first kappa shape index (κ1) is 12.5. The Morgan fingerprint density at radius 2 is 2.00 bits per heavy atom. The number of amides is 1. The Morgan fingerprint density at radius 3 is 2.47 bits per heavy atom. The van der Waals surface area contributed by atoms with E-state index in [1.807, 2.05) is 11.8 Å². The Hall–Kier alpha value is -0.570. The lowest BCUT2D eigenvalue weighted by Gasteiger charge is -2.33. The van der Waals surface area contributed by atoms with Crippen LogP contribution in [0.25, 0.3) is 0 Å². The summed E-state index contributed by atoms with van der Waals surface area (Å²) in [5, 5.41) is 0. The summed E-state index contributed by atoms with van der Waals surface area (Å²) in [6.07, 6.45) is 5.63. The number of nitrogens with two attached hydrogens (primary N) is 1. The van der Waals surface area contributed by atoms with E-state index in [1.165, 1.54) is 12.8 Å². The highest BCUT2D eigenvalue weighted by molar-refractivity contribution is 5.81. The maximum atomic E-state index is 11.8. The molecule has 3 heteroatoms. The molecule has 0 radical (unpaired) electrons. The largest absolute Gasteiger partial charge is 0.341 e. The Labute approximate surface area is 93.0 Å². The van der Waals surface area contributed by atoms with Crippen LogP contribution < -0.4 is 5.73 Å². The average molecular weight is 212 g/mol. The molecule has 0 unspecified atom stereocenters. The standard InChI is InChI=1S/C12H24N2O/c1-3-5-10-6-8-14(9-7-10)12(15)11(13)4-2/h10-11H,3-9,13H2,1-2H3/t11-/m1/s1. The van der Waals surface area contributed by atoms with Gasteiger partial charge in [0.2, 0.25) is 5.91 Å². The summed E-state index contributed by atoms with van der Waals surface area (Å²) in [6.45, 7) is 6.02. The second-order valence-electron chi connectivity index (χ2n) is 4.57. The SMILES string of the molecule is CCCC1CCN(C(=O)[C@H](N)CC)CC1. The molecule has 1 fully saturated rings. The molecule has 1 atom stereocenters. The van der Waals surface area contributed by atoms with E-state index in [4.69, 9.17) is 5.73 Å². The van der Waals surface area contributed by atoms with Gasteiger partial charge in [-0.1, -0.05) is 26.7 Å². The fourth-order valence-corrected chi connectivity index (χ4v) is 2.26. The fourth-order valence-electron chi connectivity index (χ4n) is 2.26. The molecule has 1 heterocycles. The summed E-state index contributed by atoms with van der Waals surface area (Å²) < 4.78 is 0. The molecule has 1 amide bonds. The molecule has 3 nitrogen and oxygen atoms in total. The minimum atomic E-state index is -0.285. The van der Waals surface area contributed by atoms with Crippen LogP contribution in [0.1, 0.15) is 46.0 Å². The fraction of sp³-hybridized carbons (Fsp3) is 0.917. The van der Waals surface area contributed by atoms with Crippen LogP contribution in [-0.4, -0.2) is 29.9 Å². The molecule has 1 aliphatic heterocycles. The van der Waals surface area contributed by atoms with Crippen LogP contribution in [0.15, 0.2) is 0 Å². The average Bonchev–Trinajstić information content (AvgIpc) is 2.28. The van der Waals surface area contributed by atoms with Gasteiger partial charge in [-0.15, -0.1) is 0 Å². The lowest BCUT2D eigenvalue weighted by atomic mass is 9.92. The van der Waals surface area contributed by atoms with E-state index in [9.17, 15) is 4.79 Å². The van der Waals surface area contributed by atoms with Crippen LogP contribution in [0, 0.1) is 5.92 Å². The van der Waals surface area contributed by atoms with E-state index in [-0.39, 0.29) is 11.9 Å². The van der Waals surface area contributed by atoms with Crippen molar-refractivity contribution in [2.75, 3.05) is 13.1 Å². The monoisotopic (exact) mass is 212 g/mol. The highest BCUT2D eigenvalue weighted by Gasteiger charge is 2.24. The van der Waals surface area contributed by atoms with Crippen LogP contribution in [0.4, 0.5) is 0 Å². The summed E-state index contributed by atoms with van der Waals surface area (Å²) in [6, 6.07) is -0.285. The van der Waals surface area contributed by atoms with Gasteiger partial charge in [-0.3, -0.25) is 4.79 Å². The molecule has 1 rings (SSSR count). The third-order valence-electron chi connectivity index (χ3n) is 3.38. The van der Waals surface area contributed by atoms with Crippen molar-refractivity contribution in [3.8, 4) is 0 Å². The Bertz CT molecular complexity index is 198. The number of rotatable bonds is 4. The van der Waals surface area contributed by atoms with Crippen molar-refractivity contribution in [2.24, 2.45) is 11.7 Å². The molecule has 0 aromatic rings. The number of carbonyl (C=O) groups is 1. The molecule has 88 valence electrons. The van der Waals surface area contributed by atoms with Gasteiger partial charge < -0.3 is 10.6 Å². The Morgan fingerprint density at radius 1 is 1.40 bits per heavy atom. The molecule has 0 saturated carbocycles. The lowest BCUT2D eigenvalue weighted by Crippen LogP contribution is -2.46. The zero-order chi connectivity index (χ0) is 11.3. The molecule has 0 aromatic heterocycles. The molecule has 0 bridgehead atoms. The van der Waals surface area contributed by atoms with Crippen LogP contribution in [0.5, 0.6) is 0 Å². The smallest absolute Gasteiger partial charge is 0.239 e. The molecule has 1 saturated heterocycles. The van der Waals surface area contributed by atoms with Crippen molar-refractivity contribution in [3.63, 3.8) is 0 Å². The van der Waals surface area contributed by atoms with Crippen LogP contribution in [-0.2, 0) is 4.79 Å².